The Morgan fingerprint density at radius 3 is 2.32 bits per heavy atom. The van der Waals surface area contributed by atoms with Crippen molar-refractivity contribution < 1.29 is 18.9 Å². The number of anilines is 1. The van der Waals surface area contributed by atoms with Crippen molar-refractivity contribution in [2.24, 2.45) is 0 Å². The number of para-hydroxylation sites is 1. The fourth-order valence-corrected chi connectivity index (χ4v) is 3.12. The van der Waals surface area contributed by atoms with E-state index >= 15 is 0 Å². The molecule has 0 bridgehead atoms. The zero-order valence-electron chi connectivity index (χ0n) is 17.4. The molecule has 8 heteroatoms. The molecule has 0 aliphatic carbocycles. The zero-order valence-corrected chi connectivity index (χ0v) is 17.4. The van der Waals surface area contributed by atoms with Crippen LogP contribution in [0.2, 0.25) is 0 Å². The summed E-state index contributed by atoms with van der Waals surface area (Å²) in [6.45, 7) is 1.77. The lowest BCUT2D eigenvalue weighted by Crippen LogP contribution is -2.21. The Bertz CT molecular complexity index is 1200. The smallest absolute Gasteiger partial charge is 0.248 e. The van der Waals surface area contributed by atoms with E-state index in [2.05, 4.69) is 9.97 Å². The highest BCUT2D eigenvalue weighted by atomic mass is 16.7. The molecular formula is C23H22N4O4. The lowest BCUT2D eigenvalue weighted by Gasteiger charge is -2.17. The Labute approximate surface area is 179 Å². The van der Waals surface area contributed by atoms with Crippen LogP contribution in [0.4, 0.5) is 5.95 Å². The van der Waals surface area contributed by atoms with Gasteiger partial charge in [0.1, 0.15) is 5.75 Å². The van der Waals surface area contributed by atoms with Crippen molar-refractivity contribution >= 4 is 17.0 Å². The maximum absolute atomic E-state index is 5.92. The molecule has 0 amide bonds. The van der Waals surface area contributed by atoms with Crippen molar-refractivity contribution in [1.82, 2.24) is 15.0 Å². The maximum Gasteiger partial charge on any atom is 0.248 e. The van der Waals surface area contributed by atoms with E-state index in [-0.39, 0.29) is 11.8 Å². The summed E-state index contributed by atoms with van der Waals surface area (Å²) in [7, 11) is 3.18. The van der Waals surface area contributed by atoms with E-state index in [0.29, 0.717) is 34.0 Å². The van der Waals surface area contributed by atoms with Gasteiger partial charge in [0.15, 0.2) is 17.0 Å². The number of hydrogen-bond acceptors (Lipinski definition) is 8. The fraction of sp³-hybridized carbons (Fsp3) is 0.174. The van der Waals surface area contributed by atoms with Crippen molar-refractivity contribution in [3.05, 3.63) is 60.7 Å². The number of rotatable bonds is 7. The Hall–Kier alpha value is -4.07. The van der Waals surface area contributed by atoms with Gasteiger partial charge < -0.3 is 24.7 Å². The van der Waals surface area contributed by atoms with Crippen LogP contribution in [-0.2, 0) is 0 Å². The van der Waals surface area contributed by atoms with Gasteiger partial charge in [-0.3, -0.25) is 0 Å². The molecule has 2 N–H and O–H groups in total. The van der Waals surface area contributed by atoms with Gasteiger partial charge in [-0.25, -0.2) is 9.97 Å². The third-order valence-corrected chi connectivity index (χ3v) is 4.53. The minimum absolute atomic E-state index is 0.0927. The second-order valence-electron chi connectivity index (χ2n) is 6.64. The monoisotopic (exact) mass is 418 g/mol. The maximum atomic E-state index is 5.92. The number of nitrogens with zero attached hydrogens (tertiary/aromatic N) is 3. The van der Waals surface area contributed by atoms with Crippen LogP contribution in [0.1, 0.15) is 6.92 Å². The van der Waals surface area contributed by atoms with E-state index in [4.69, 9.17) is 29.7 Å². The molecule has 0 saturated heterocycles. The normalized spacial score (nSPS) is 11.7. The van der Waals surface area contributed by atoms with E-state index in [9.17, 15) is 0 Å². The molecule has 4 aromatic rings. The summed E-state index contributed by atoms with van der Waals surface area (Å²) in [6, 6.07) is 18.6. The van der Waals surface area contributed by atoms with E-state index in [1.807, 2.05) is 60.7 Å². The molecule has 8 nitrogen and oxygen atoms in total. The molecule has 2 aromatic heterocycles. The Kier molecular flexibility index (Phi) is 5.70. The van der Waals surface area contributed by atoms with Crippen LogP contribution in [0.3, 0.4) is 0 Å². The number of benzene rings is 2. The fourth-order valence-electron chi connectivity index (χ4n) is 3.12. The summed E-state index contributed by atoms with van der Waals surface area (Å²) in [6.07, 6.45) is -0.619. The molecule has 1 atom stereocenters. The van der Waals surface area contributed by atoms with Gasteiger partial charge >= 0.3 is 0 Å². The molecule has 0 radical (unpaired) electrons. The van der Waals surface area contributed by atoms with Crippen molar-refractivity contribution in [2.75, 3.05) is 20.0 Å². The molecule has 2 heterocycles. The Morgan fingerprint density at radius 2 is 1.58 bits per heavy atom. The van der Waals surface area contributed by atoms with Crippen molar-refractivity contribution in [2.45, 2.75) is 13.2 Å². The number of methoxy groups -OCH3 is 2. The number of aromatic nitrogens is 3. The largest absolute Gasteiger partial charge is 0.493 e. The lowest BCUT2D eigenvalue weighted by molar-refractivity contribution is 0.0199. The quantitative estimate of drug-likeness (QED) is 0.448. The first kappa shape index (κ1) is 20.2. The van der Waals surface area contributed by atoms with Gasteiger partial charge in [-0.1, -0.05) is 18.2 Å². The first-order valence-corrected chi connectivity index (χ1v) is 9.62. The van der Waals surface area contributed by atoms with Crippen LogP contribution >= 0.6 is 0 Å². The third-order valence-electron chi connectivity index (χ3n) is 4.53. The topological polar surface area (TPSA) is 102 Å². The molecule has 31 heavy (non-hydrogen) atoms. The highest BCUT2D eigenvalue weighted by molar-refractivity contribution is 5.83. The van der Waals surface area contributed by atoms with Crippen molar-refractivity contribution in [3.63, 3.8) is 0 Å². The van der Waals surface area contributed by atoms with Crippen LogP contribution < -0.4 is 24.7 Å². The summed E-state index contributed by atoms with van der Waals surface area (Å²) in [5, 5.41) is 0. The standard InChI is InChI=1S/C23H22N4O4/c1-14(30-16-7-5-4-6-8-16)31-22-21-18(26-23(24)27-22)11-10-17(25-21)15-9-12-19(28-2)20(13-15)29-3/h4-14H,1-3H3,(H2,24,26,27). The van der Waals surface area contributed by atoms with Gasteiger partial charge in [0, 0.05) is 12.5 Å². The van der Waals surface area contributed by atoms with Gasteiger partial charge in [0.2, 0.25) is 18.1 Å². The molecular weight excluding hydrogens is 396 g/mol. The number of nitrogens with two attached hydrogens (primary N) is 1. The molecule has 2 aromatic carbocycles. The minimum atomic E-state index is -0.619. The summed E-state index contributed by atoms with van der Waals surface area (Å²) in [4.78, 5) is 13.2. The SMILES string of the molecule is COc1ccc(-c2ccc3nc(N)nc(OC(C)Oc4ccccc4)c3n2)cc1OC. The van der Waals surface area contributed by atoms with E-state index < -0.39 is 6.29 Å². The highest BCUT2D eigenvalue weighted by Gasteiger charge is 2.16. The first-order valence-electron chi connectivity index (χ1n) is 9.62. The van der Waals surface area contributed by atoms with Crippen LogP contribution in [0, 0.1) is 0 Å². The summed E-state index contributed by atoms with van der Waals surface area (Å²) in [5.74, 6) is 2.26. The van der Waals surface area contributed by atoms with E-state index in [1.54, 1.807) is 21.1 Å². The van der Waals surface area contributed by atoms with Crippen molar-refractivity contribution in [3.8, 4) is 34.4 Å². The molecule has 0 fully saturated rings. The number of pyridine rings is 1. The molecule has 4 rings (SSSR count). The van der Waals surface area contributed by atoms with Crippen molar-refractivity contribution in [1.29, 1.82) is 0 Å². The van der Waals surface area contributed by atoms with Crippen LogP contribution in [0.5, 0.6) is 23.1 Å². The molecule has 158 valence electrons. The molecule has 0 spiro atoms. The van der Waals surface area contributed by atoms with Gasteiger partial charge in [0.05, 0.1) is 25.4 Å². The summed E-state index contributed by atoms with van der Waals surface area (Å²) < 4.78 is 22.4. The molecule has 0 saturated carbocycles. The number of nitrogen functional groups attached to an aromatic ring is 1. The second kappa shape index (κ2) is 8.74. The first-order chi connectivity index (χ1) is 15.1. The van der Waals surface area contributed by atoms with Crippen LogP contribution in [0.15, 0.2) is 60.7 Å². The zero-order chi connectivity index (χ0) is 21.8. The van der Waals surface area contributed by atoms with Crippen LogP contribution in [-0.4, -0.2) is 35.5 Å². The predicted octanol–water partition coefficient (Wildman–Crippen LogP) is 4.10. The Balaban J connectivity index is 1.69. The van der Waals surface area contributed by atoms with Crippen LogP contribution in [0.25, 0.3) is 22.3 Å². The van der Waals surface area contributed by atoms with Gasteiger partial charge in [-0.15, -0.1) is 0 Å². The molecule has 0 aliphatic heterocycles. The van der Waals surface area contributed by atoms with Gasteiger partial charge in [-0.2, -0.15) is 4.98 Å². The number of hydrogen-bond donors (Lipinski definition) is 1. The lowest BCUT2D eigenvalue weighted by atomic mass is 10.1. The Morgan fingerprint density at radius 1 is 0.806 bits per heavy atom. The summed E-state index contributed by atoms with van der Waals surface area (Å²) in [5.41, 5.74) is 8.46. The highest BCUT2D eigenvalue weighted by Crippen LogP contribution is 2.33. The molecule has 0 aliphatic rings. The third kappa shape index (κ3) is 4.42. The van der Waals surface area contributed by atoms with Gasteiger partial charge in [0.25, 0.3) is 0 Å². The predicted molar refractivity (Wildman–Crippen MR) is 117 cm³/mol. The molecule has 1 unspecified atom stereocenters. The number of fused-ring (bicyclic) bond motifs is 1. The minimum Gasteiger partial charge on any atom is -0.493 e. The van der Waals surface area contributed by atoms with E-state index in [1.165, 1.54) is 0 Å². The average molecular weight is 418 g/mol. The average Bonchev–Trinajstić information content (AvgIpc) is 2.79. The summed E-state index contributed by atoms with van der Waals surface area (Å²) >= 11 is 0. The second-order valence-corrected chi connectivity index (χ2v) is 6.64. The van der Waals surface area contributed by atoms with E-state index in [0.717, 1.165) is 5.56 Å². The number of ether oxygens (including phenoxy) is 4. The van der Waals surface area contributed by atoms with Gasteiger partial charge in [-0.05, 0) is 42.5 Å².